The summed E-state index contributed by atoms with van der Waals surface area (Å²) in [6, 6.07) is 20.9. The van der Waals surface area contributed by atoms with Crippen molar-refractivity contribution in [3.8, 4) is 0 Å². The first-order valence-electron chi connectivity index (χ1n) is 8.30. The Morgan fingerprint density at radius 3 is 1.09 bits per heavy atom. The monoisotopic (exact) mass is 316 g/mol. The molecular weight excluding hydrogens is 284 g/mol. The van der Waals surface area contributed by atoms with E-state index in [2.05, 4.69) is 73.0 Å². The van der Waals surface area contributed by atoms with Crippen LogP contribution in [0.25, 0.3) is 10.8 Å². The quantitative estimate of drug-likeness (QED) is 0.394. The molecule has 0 nitrogen and oxygen atoms in total. The minimum Gasteiger partial charge on any atom is -0.149 e. The molecule has 122 valence electrons. The summed E-state index contributed by atoms with van der Waals surface area (Å²) in [6.45, 7) is 14.1. The van der Waals surface area contributed by atoms with Crippen molar-refractivity contribution in [3.63, 3.8) is 0 Å². The maximum absolute atomic E-state index is 2.12. The molecule has 0 aliphatic rings. The van der Waals surface area contributed by atoms with Gasteiger partial charge in [-0.3, -0.25) is 0 Å². The fraction of sp³-hybridized carbons (Fsp3) is 0.333. The molecule has 0 aliphatic carbocycles. The standard InChI is InChI=1S/C10H8.C5H6S.3C2H6/c1-2-6-10-8-4-3-7-9(10)5-1;1-5-3-2-4-6-5;3*1-2/h1-8H;2-4H,1H3;3*1-2H3. The van der Waals surface area contributed by atoms with Gasteiger partial charge in [0.15, 0.2) is 0 Å². The molecular formula is C21H32S. The van der Waals surface area contributed by atoms with Crippen LogP contribution in [0.4, 0.5) is 0 Å². The number of rotatable bonds is 0. The average Bonchev–Trinajstić information content (AvgIpc) is 3.12. The van der Waals surface area contributed by atoms with Gasteiger partial charge in [-0.1, -0.05) is 96.1 Å². The van der Waals surface area contributed by atoms with Gasteiger partial charge in [0.1, 0.15) is 0 Å². The molecule has 1 heteroatoms. The van der Waals surface area contributed by atoms with Gasteiger partial charge >= 0.3 is 0 Å². The highest BCUT2D eigenvalue weighted by molar-refractivity contribution is 7.09. The van der Waals surface area contributed by atoms with Crippen molar-refractivity contribution in [2.24, 2.45) is 0 Å². The molecule has 2 aromatic carbocycles. The van der Waals surface area contributed by atoms with Gasteiger partial charge in [0.2, 0.25) is 0 Å². The van der Waals surface area contributed by atoms with E-state index in [0.29, 0.717) is 0 Å². The van der Waals surface area contributed by atoms with Crippen molar-refractivity contribution in [2.75, 3.05) is 0 Å². The molecule has 0 saturated carbocycles. The van der Waals surface area contributed by atoms with Crippen molar-refractivity contribution in [1.82, 2.24) is 0 Å². The molecule has 1 heterocycles. The van der Waals surface area contributed by atoms with E-state index in [1.54, 1.807) is 11.3 Å². The fourth-order valence-corrected chi connectivity index (χ4v) is 2.02. The third-order valence-electron chi connectivity index (χ3n) is 2.32. The molecule has 0 radical (unpaired) electrons. The van der Waals surface area contributed by atoms with Crippen molar-refractivity contribution < 1.29 is 0 Å². The lowest BCUT2D eigenvalue weighted by atomic mass is 10.1. The minimum atomic E-state index is 1.31. The summed E-state index contributed by atoms with van der Waals surface area (Å²) >= 11 is 1.78. The lowest BCUT2D eigenvalue weighted by Crippen LogP contribution is -1.67. The third kappa shape index (κ3) is 10.2. The highest BCUT2D eigenvalue weighted by Gasteiger charge is 1.85. The summed E-state index contributed by atoms with van der Waals surface area (Å²) < 4.78 is 0. The molecule has 1 aromatic heterocycles. The molecule has 0 saturated heterocycles. The second-order valence-electron chi connectivity index (χ2n) is 3.57. The van der Waals surface area contributed by atoms with Crippen LogP contribution in [-0.2, 0) is 0 Å². The smallest absolute Gasteiger partial charge is 0.00141 e. The Bertz CT molecular complexity index is 473. The van der Waals surface area contributed by atoms with E-state index in [4.69, 9.17) is 0 Å². The van der Waals surface area contributed by atoms with Crippen LogP contribution < -0.4 is 0 Å². The Kier molecular flexibility index (Phi) is 18.0. The Morgan fingerprint density at radius 1 is 0.545 bits per heavy atom. The molecule has 0 atom stereocenters. The van der Waals surface area contributed by atoms with Crippen molar-refractivity contribution in [1.29, 1.82) is 0 Å². The zero-order valence-electron chi connectivity index (χ0n) is 15.3. The van der Waals surface area contributed by atoms with Gasteiger partial charge in [0, 0.05) is 4.88 Å². The SMILES string of the molecule is CC.CC.CC.Cc1cccs1.c1ccc2ccccc2c1. The van der Waals surface area contributed by atoms with Gasteiger partial charge < -0.3 is 0 Å². The van der Waals surface area contributed by atoms with E-state index >= 15 is 0 Å². The number of benzene rings is 2. The molecule has 0 spiro atoms. The van der Waals surface area contributed by atoms with Gasteiger partial charge in [-0.25, -0.2) is 0 Å². The lowest BCUT2D eigenvalue weighted by Gasteiger charge is -1.92. The van der Waals surface area contributed by atoms with Crippen LogP contribution in [0.1, 0.15) is 46.4 Å². The van der Waals surface area contributed by atoms with Crippen LogP contribution in [0.5, 0.6) is 0 Å². The summed E-state index contributed by atoms with van der Waals surface area (Å²) in [5, 5.41) is 4.70. The topological polar surface area (TPSA) is 0 Å². The Morgan fingerprint density at radius 2 is 0.909 bits per heavy atom. The number of fused-ring (bicyclic) bond motifs is 1. The molecule has 0 fully saturated rings. The molecule has 3 rings (SSSR count). The van der Waals surface area contributed by atoms with E-state index in [0.717, 1.165) is 0 Å². The van der Waals surface area contributed by atoms with Crippen LogP contribution in [0, 0.1) is 6.92 Å². The van der Waals surface area contributed by atoms with Crippen LogP contribution in [0.2, 0.25) is 0 Å². The maximum Gasteiger partial charge on any atom is 0.00141 e. The number of hydrogen-bond acceptors (Lipinski definition) is 1. The zero-order chi connectivity index (χ0) is 17.2. The third-order valence-corrected chi connectivity index (χ3v) is 3.12. The van der Waals surface area contributed by atoms with E-state index in [9.17, 15) is 0 Å². The van der Waals surface area contributed by atoms with Gasteiger partial charge in [-0.05, 0) is 29.1 Å². The molecule has 22 heavy (non-hydrogen) atoms. The van der Waals surface area contributed by atoms with E-state index in [1.807, 2.05) is 41.5 Å². The number of hydrogen-bond donors (Lipinski definition) is 0. The molecule has 0 aliphatic heterocycles. The van der Waals surface area contributed by atoms with E-state index in [-0.39, 0.29) is 0 Å². The van der Waals surface area contributed by atoms with Gasteiger partial charge in [0.25, 0.3) is 0 Å². The number of aryl methyl sites for hydroxylation is 1. The van der Waals surface area contributed by atoms with Crippen LogP contribution in [0.3, 0.4) is 0 Å². The van der Waals surface area contributed by atoms with Crippen molar-refractivity contribution in [2.45, 2.75) is 48.5 Å². The van der Waals surface area contributed by atoms with Crippen molar-refractivity contribution in [3.05, 3.63) is 70.9 Å². The first-order chi connectivity index (χ1) is 10.9. The first kappa shape index (κ1) is 22.7. The van der Waals surface area contributed by atoms with E-state index < -0.39 is 0 Å². The van der Waals surface area contributed by atoms with Gasteiger partial charge in [-0.15, -0.1) is 11.3 Å². The number of thiophene rings is 1. The summed E-state index contributed by atoms with van der Waals surface area (Å²) in [7, 11) is 0. The highest BCUT2D eigenvalue weighted by atomic mass is 32.1. The minimum absolute atomic E-state index is 1.31. The van der Waals surface area contributed by atoms with Crippen molar-refractivity contribution >= 4 is 22.1 Å². The zero-order valence-corrected chi connectivity index (χ0v) is 16.1. The summed E-state index contributed by atoms with van der Waals surface area (Å²) in [5.41, 5.74) is 0. The Balaban J connectivity index is 0. The van der Waals surface area contributed by atoms with Crippen LogP contribution in [0.15, 0.2) is 66.0 Å². The van der Waals surface area contributed by atoms with E-state index in [1.165, 1.54) is 15.6 Å². The maximum atomic E-state index is 2.12. The molecule has 3 aromatic rings. The summed E-state index contributed by atoms with van der Waals surface area (Å²) in [5.74, 6) is 0. The molecule has 0 amide bonds. The fourth-order valence-electron chi connectivity index (χ4n) is 1.49. The summed E-state index contributed by atoms with van der Waals surface area (Å²) in [6.07, 6.45) is 0. The Labute approximate surface area is 141 Å². The molecule has 0 unspecified atom stereocenters. The lowest BCUT2D eigenvalue weighted by molar-refractivity contribution is 1.50. The second kappa shape index (κ2) is 17.5. The predicted octanol–water partition coefficient (Wildman–Crippen LogP) is 7.97. The van der Waals surface area contributed by atoms with Crippen LogP contribution >= 0.6 is 11.3 Å². The highest BCUT2D eigenvalue weighted by Crippen LogP contribution is 2.11. The molecule has 0 bridgehead atoms. The first-order valence-corrected chi connectivity index (χ1v) is 9.18. The second-order valence-corrected chi connectivity index (χ2v) is 4.72. The largest absolute Gasteiger partial charge is 0.149 e. The summed E-state index contributed by atoms with van der Waals surface area (Å²) in [4.78, 5) is 1.38. The Hall–Kier alpha value is -1.60. The van der Waals surface area contributed by atoms with Crippen LogP contribution in [-0.4, -0.2) is 0 Å². The molecule has 0 N–H and O–H groups in total. The normalized spacial score (nSPS) is 7.77. The van der Waals surface area contributed by atoms with Gasteiger partial charge in [0.05, 0.1) is 0 Å². The average molecular weight is 317 g/mol. The predicted molar refractivity (Wildman–Crippen MR) is 107 cm³/mol. The van der Waals surface area contributed by atoms with Gasteiger partial charge in [-0.2, -0.15) is 0 Å².